The fourth-order valence-electron chi connectivity index (χ4n) is 2.61. The first-order chi connectivity index (χ1) is 10.4. The minimum Gasteiger partial charge on any atom is -0.352 e. The average molecular weight is 296 g/mol. The topological polar surface area (TPSA) is 34.0 Å². The van der Waals surface area contributed by atoms with Crippen LogP contribution in [0.15, 0.2) is 42.5 Å². The second kappa shape index (κ2) is 6.65. The molecule has 1 amide bonds. The number of nitrogens with zero attached hydrogens (tertiary/aromatic N) is 1. The third-order valence-corrected chi connectivity index (χ3v) is 3.87. The van der Waals surface area contributed by atoms with Crippen LogP contribution in [-0.2, 0) is 7.05 Å². The maximum Gasteiger partial charge on any atom is 0.253 e. The van der Waals surface area contributed by atoms with E-state index in [0.29, 0.717) is 6.54 Å². The Balaban J connectivity index is 2.19. The van der Waals surface area contributed by atoms with Crippen molar-refractivity contribution in [2.24, 2.45) is 7.05 Å². The third-order valence-electron chi connectivity index (χ3n) is 3.87. The van der Waals surface area contributed by atoms with Gasteiger partial charge in [0.15, 0.2) is 0 Å². The number of hydrogen-bond donors (Lipinski definition) is 1. The minimum atomic E-state index is -0.00238. The zero-order chi connectivity index (χ0) is 16.3. The van der Waals surface area contributed by atoms with E-state index >= 15 is 0 Å². The number of carbonyl (C=O) groups excluding carboxylic acids is 1. The fraction of sp³-hybridized carbons (Fsp3) is 0.316. The summed E-state index contributed by atoms with van der Waals surface area (Å²) in [7, 11) is 2.00. The van der Waals surface area contributed by atoms with E-state index in [9.17, 15) is 4.79 Å². The highest BCUT2D eigenvalue weighted by molar-refractivity contribution is 6.08. The SMILES string of the molecule is C=C(C)/C=C/CCNC(=O)c1c(C)n(C)c2ccc(C)cc12. The molecular weight excluding hydrogens is 272 g/mol. The smallest absolute Gasteiger partial charge is 0.253 e. The molecule has 0 saturated heterocycles. The molecule has 0 saturated carbocycles. The van der Waals surface area contributed by atoms with Crippen LogP contribution in [0.1, 0.15) is 35.0 Å². The summed E-state index contributed by atoms with van der Waals surface area (Å²) in [6, 6.07) is 6.23. The summed E-state index contributed by atoms with van der Waals surface area (Å²) < 4.78 is 2.07. The summed E-state index contributed by atoms with van der Waals surface area (Å²) in [4.78, 5) is 12.5. The van der Waals surface area contributed by atoms with Crippen molar-refractivity contribution in [3.05, 3.63) is 59.3 Å². The van der Waals surface area contributed by atoms with Gasteiger partial charge >= 0.3 is 0 Å². The molecule has 0 unspecified atom stereocenters. The summed E-state index contributed by atoms with van der Waals surface area (Å²) in [6.45, 7) is 10.4. The summed E-state index contributed by atoms with van der Waals surface area (Å²) >= 11 is 0. The molecule has 1 heterocycles. The monoisotopic (exact) mass is 296 g/mol. The molecule has 1 aromatic heterocycles. The molecule has 0 aliphatic rings. The van der Waals surface area contributed by atoms with Gasteiger partial charge in [0.25, 0.3) is 5.91 Å². The van der Waals surface area contributed by atoms with Crippen molar-refractivity contribution in [3.8, 4) is 0 Å². The first-order valence-corrected chi connectivity index (χ1v) is 7.57. The van der Waals surface area contributed by atoms with Gasteiger partial charge in [0.2, 0.25) is 0 Å². The van der Waals surface area contributed by atoms with Crippen LogP contribution >= 0.6 is 0 Å². The summed E-state index contributed by atoms with van der Waals surface area (Å²) in [5.74, 6) is -0.00238. The number of aromatic nitrogens is 1. The Morgan fingerprint density at radius 3 is 2.77 bits per heavy atom. The van der Waals surface area contributed by atoms with E-state index in [-0.39, 0.29) is 5.91 Å². The Hall–Kier alpha value is -2.29. The van der Waals surface area contributed by atoms with Crippen molar-refractivity contribution < 1.29 is 4.79 Å². The Bertz CT molecular complexity index is 750. The van der Waals surface area contributed by atoms with Crippen LogP contribution < -0.4 is 5.32 Å². The standard InChI is InChI=1S/C19H24N2O/c1-13(2)8-6-7-11-20-19(22)18-15(4)21(5)17-10-9-14(3)12-16(17)18/h6,8-10,12H,1,7,11H2,2-5H3,(H,20,22)/b8-6+. The van der Waals surface area contributed by atoms with Gasteiger partial charge in [-0.3, -0.25) is 4.79 Å². The molecule has 0 aliphatic carbocycles. The molecule has 0 atom stereocenters. The molecule has 1 N–H and O–H groups in total. The number of aryl methyl sites for hydroxylation is 2. The van der Waals surface area contributed by atoms with Gasteiger partial charge in [-0.05, 0) is 39.3 Å². The molecule has 0 aliphatic heterocycles. The van der Waals surface area contributed by atoms with Crippen LogP contribution in [-0.4, -0.2) is 17.0 Å². The van der Waals surface area contributed by atoms with Gasteiger partial charge in [0.05, 0.1) is 5.56 Å². The van der Waals surface area contributed by atoms with Gasteiger partial charge in [-0.2, -0.15) is 0 Å². The number of nitrogens with one attached hydrogen (secondary N) is 1. The maximum atomic E-state index is 12.5. The molecule has 116 valence electrons. The van der Waals surface area contributed by atoms with E-state index in [1.54, 1.807) is 0 Å². The lowest BCUT2D eigenvalue weighted by Gasteiger charge is -2.04. The van der Waals surface area contributed by atoms with Crippen LogP contribution in [0.2, 0.25) is 0 Å². The van der Waals surface area contributed by atoms with Gasteiger partial charge < -0.3 is 9.88 Å². The van der Waals surface area contributed by atoms with Gasteiger partial charge in [0.1, 0.15) is 0 Å². The van der Waals surface area contributed by atoms with Crippen molar-refractivity contribution in [3.63, 3.8) is 0 Å². The number of carbonyl (C=O) groups is 1. The number of rotatable bonds is 5. The van der Waals surface area contributed by atoms with Crippen molar-refractivity contribution >= 4 is 16.8 Å². The number of hydrogen-bond acceptors (Lipinski definition) is 1. The Morgan fingerprint density at radius 2 is 2.09 bits per heavy atom. The summed E-state index contributed by atoms with van der Waals surface area (Å²) in [5, 5.41) is 4.03. The molecule has 0 radical (unpaired) electrons. The zero-order valence-electron chi connectivity index (χ0n) is 13.9. The van der Waals surface area contributed by atoms with Gasteiger partial charge in [-0.1, -0.05) is 35.9 Å². The lowest BCUT2D eigenvalue weighted by molar-refractivity contribution is 0.0955. The predicted molar refractivity (Wildman–Crippen MR) is 93.3 cm³/mol. The van der Waals surface area contributed by atoms with E-state index in [2.05, 4.69) is 34.7 Å². The maximum absolute atomic E-state index is 12.5. The van der Waals surface area contributed by atoms with Crippen LogP contribution in [0.4, 0.5) is 0 Å². The van der Waals surface area contributed by atoms with E-state index in [1.807, 2.05) is 40.0 Å². The van der Waals surface area contributed by atoms with E-state index < -0.39 is 0 Å². The largest absolute Gasteiger partial charge is 0.352 e. The lowest BCUT2D eigenvalue weighted by Crippen LogP contribution is -2.24. The first-order valence-electron chi connectivity index (χ1n) is 7.57. The second-order valence-corrected chi connectivity index (χ2v) is 5.83. The predicted octanol–water partition coefficient (Wildman–Crippen LogP) is 4.05. The molecule has 3 heteroatoms. The van der Waals surface area contributed by atoms with Crippen LogP contribution in [0, 0.1) is 13.8 Å². The molecule has 1 aromatic carbocycles. The van der Waals surface area contributed by atoms with Crippen LogP contribution in [0.25, 0.3) is 10.9 Å². The molecule has 0 spiro atoms. The van der Waals surface area contributed by atoms with E-state index in [4.69, 9.17) is 0 Å². The lowest BCUT2D eigenvalue weighted by atomic mass is 10.1. The molecule has 0 fully saturated rings. The highest BCUT2D eigenvalue weighted by Gasteiger charge is 2.17. The molecular formula is C19H24N2O. The number of benzene rings is 1. The van der Waals surface area contributed by atoms with Crippen LogP contribution in [0.5, 0.6) is 0 Å². The second-order valence-electron chi connectivity index (χ2n) is 5.83. The van der Waals surface area contributed by atoms with Crippen molar-refractivity contribution in [2.75, 3.05) is 6.54 Å². The quantitative estimate of drug-likeness (QED) is 0.655. The van der Waals surface area contributed by atoms with Crippen LogP contribution in [0.3, 0.4) is 0 Å². The number of amides is 1. The number of allylic oxidation sites excluding steroid dienone is 2. The van der Waals surface area contributed by atoms with Gasteiger partial charge in [0, 0.05) is 30.2 Å². The van der Waals surface area contributed by atoms with Gasteiger partial charge in [-0.25, -0.2) is 0 Å². The van der Waals surface area contributed by atoms with Crippen molar-refractivity contribution in [1.82, 2.24) is 9.88 Å². The Labute approximate surface area is 132 Å². The first kappa shape index (κ1) is 16.1. The molecule has 3 nitrogen and oxygen atoms in total. The zero-order valence-corrected chi connectivity index (χ0v) is 13.9. The van der Waals surface area contributed by atoms with Crippen molar-refractivity contribution in [2.45, 2.75) is 27.2 Å². The molecule has 0 bridgehead atoms. The molecule has 2 rings (SSSR count). The highest BCUT2D eigenvalue weighted by Crippen LogP contribution is 2.25. The van der Waals surface area contributed by atoms with E-state index in [0.717, 1.165) is 39.7 Å². The Kier molecular flexibility index (Phi) is 4.86. The third kappa shape index (κ3) is 3.30. The summed E-state index contributed by atoms with van der Waals surface area (Å²) in [5.41, 5.74) is 5.05. The Morgan fingerprint density at radius 1 is 1.36 bits per heavy atom. The van der Waals surface area contributed by atoms with Gasteiger partial charge in [-0.15, -0.1) is 0 Å². The minimum absolute atomic E-state index is 0.00238. The highest BCUT2D eigenvalue weighted by atomic mass is 16.1. The molecule has 22 heavy (non-hydrogen) atoms. The van der Waals surface area contributed by atoms with Crippen molar-refractivity contribution in [1.29, 1.82) is 0 Å². The fourth-order valence-corrected chi connectivity index (χ4v) is 2.61. The normalized spacial score (nSPS) is 11.3. The number of fused-ring (bicyclic) bond motifs is 1. The average Bonchev–Trinajstić information content (AvgIpc) is 2.69. The van der Waals surface area contributed by atoms with E-state index in [1.165, 1.54) is 0 Å². The molecule has 2 aromatic rings. The summed E-state index contributed by atoms with van der Waals surface area (Å²) in [6.07, 6.45) is 4.81.